The summed E-state index contributed by atoms with van der Waals surface area (Å²) in [5.41, 5.74) is 6.00. The molecule has 0 aliphatic carbocycles. The van der Waals surface area contributed by atoms with Crippen molar-refractivity contribution >= 4 is 11.6 Å². The van der Waals surface area contributed by atoms with Gasteiger partial charge in [-0.3, -0.25) is 4.79 Å². The quantitative estimate of drug-likeness (QED) is 0.794. The second kappa shape index (κ2) is 6.26. The van der Waals surface area contributed by atoms with Gasteiger partial charge in [0.25, 0.3) is 0 Å². The molecule has 0 radical (unpaired) electrons. The van der Waals surface area contributed by atoms with Crippen LogP contribution in [-0.2, 0) is 9.53 Å². The van der Waals surface area contributed by atoms with E-state index in [9.17, 15) is 4.79 Å². The highest BCUT2D eigenvalue weighted by atomic mass is 16.5. The molecule has 1 saturated heterocycles. The highest BCUT2D eigenvalue weighted by Gasteiger charge is 2.16. The molecule has 1 fully saturated rings. The Morgan fingerprint density at radius 3 is 3.06 bits per heavy atom. The molecule has 1 aliphatic heterocycles. The van der Waals surface area contributed by atoms with Crippen LogP contribution >= 0.6 is 0 Å². The Labute approximate surface area is 106 Å². The van der Waals surface area contributed by atoms with E-state index in [1.807, 2.05) is 24.3 Å². The summed E-state index contributed by atoms with van der Waals surface area (Å²) in [4.78, 5) is 10.7. The number of anilines is 1. The topological polar surface area (TPSA) is 73.6 Å². The molecular weight excluding hydrogens is 232 g/mol. The van der Waals surface area contributed by atoms with Crippen LogP contribution in [0.25, 0.3) is 0 Å². The lowest BCUT2D eigenvalue weighted by molar-refractivity contribution is -0.118. The molecule has 1 atom stereocenters. The zero-order chi connectivity index (χ0) is 12.8. The summed E-state index contributed by atoms with van der Waals surface area (Å²) in [6.07, 6.45) is 1.22. The second-order valence-electron chi connectivity index (χ2n) is 4.27. The minimum Gasteiger partial charge on any atom is -0.491 e. The number of nitrogens with two attached hydrogens (primary N) is 1. The number of benzene rings is 1. The first-order valence-electron chi connectivity index (χ1n) is 6.10. The molecule has 1 aromatic rings. The fourth-order valence-electron chi connectivity index (χ4n) is 1.84. The molecule has 1 heterocycles. The van der Waals surface area contributed by atoms with E-state index in [2.05, 4.69) is 5.32 Å². The number of hydrogen-bond acceptors (Lipinski definition) is 4. The number of carbonyl (C=O) groups is 1. The molecule has 1 unspecified atom stereocenters. The first-order valence-corrected chi connectivity index (χ1v) is 6.10. The minimum absolute atomic E-state index is 0.223. The molecule has 98 valence electrons. The number of carbonyl (C=O) groups excluding carboxylic acids is 1. The third-order valence-corrected chi connectivity index (χ3v) is 2.78. The number of para-hydroxylation sites is 2. The van der Waals surface area contributed by atoms with Crippen molar-refractivity contribution < 1.29 is 14.3 Å². The van der Waals surface area contributed by atoms with Crippen molar-refractivity contribution in [2.24, 2.45) is 5.73 Å². The van der Waals surface area contributed by atoms with Gasteiger partial charge >= 0.3 is 0 Å². The molecule has 2 rings (SSSR count). The van der Waals surface area contributed by atoms with Gasteiger partial charge in [-0.15, -0.1) is 0 Å². The van der Waals surface area contributed by atoms with Crippen LogP contribution in [0.1, 0.15) is 12.8 Å². The summed E-state index contributed by atoms with van der Waals surface area (Å²) >= 11 is 0. The lowest BCUT2D eigenvalue weighted by Crippen LogP contribution is -2.20. The Morgan fingerprint density at radius 2 is 2.33 bits per heavy atom. The molecule has 1 amide bonds. The monoisotopic (exact) mass is 250 g/mol. The molecule has 0 bridgehead atoms. The molecule has 1 aliphatic rings. The maximum atomic E-state index is 10.7. The predicted molar refractivity (Wildman–Crippen MR) is 68.6 cm³/mol. The number of hydrogen-bond donors (Lipinski definition) is 2. The van der Waals surface area contributed by atoms with E-state index < -0.39 is 0 Å². The van der Waals surface area contributed by atoms with E-state index in [4.69, 9.17) is 15.2 Å². The van der Waals surface area contributed by atoms with Crippen LogP contribution < -0.4 is 15.8 Å². The second-order valence-corrected chi connectivity index (χ2v) is 4.27. The largest absolute Gasteiger partial charge is 0.491 e. The normalized spacial score (nSPS) is 18.6. The minimum atomic E-state index is -0.357. The highest BCUT2D eigenvalue weighted by Crippen LogP contribution is 2.25. The van der Waals surface area contributed by atoms with Crippen LogP contribution in [-0.4, -0.2) is 31.8 Å². The lowest BCUT2D eigenvalue weighted by atomic mass is 10.2. The molecule has 0 saturated carbocycles. The van der Waals surface area contributed by atoms with Gasteiger partial charge < -0.3 is 20.5 Å². The maximum absolute atomic E-state index is 10.7. The van der Waals surface area contributed by atoms with E-state index in [1.54, 1.807) is 0 Å². The smallest absolute Gasteiger partial charge is 0.220 e. The van der Waals surface area contributed by atoms with Gasteiger partial charge in [0.15, 0.2) is 0 Å². The molecular formula is C13H18N2O3. The fraction of sp³-hybridized carbons (Fsp3) is 0.462. The fourth-order valence-corrected chi connectivity index (χ4v) is 1.84. The highest BCUT2D eigenvalue weighted by molar-refractivity contribution is 5.73. The molecule has 1 aromatic carbocycles. The Hall–Kier alpha value is -1.75. The number of ether oxygens (including phenoxy) is 2. The van der Waals surface area contributed by atoms with Crippen molar-refractivity contribution in [3.63, 3.8) is 0 Å². The van der Waals surface area contributed by atoms with E-state index in [-0.39, 0.29) is 12.3 Å². The molecule has 5 nitrogen and oxygen atoms in total. The van der Waals surface area contributed by atoms with Crippen molar-refractivity contribution in [2.75, 3.05) is 25.1 Å². The van der Waals surface area contributed by atoms with Gasteiger partial charge in [-0.25, -0.2) is 0 Å². The molecule has 18 heavy (non-hydrogen) atoms. The van der Waals surface area contributed by atoms with Gasteiger partial charge in [-0.1, -0.05) is 12.1 Å². The Kier molecular flexibility index (Phi) is 4.41. The first-order chi connectivity index (χ1) is 8.75. The number of rotatable bonds is 6. The molecule has 5 heteroatoms. The Bertz CT molecular complexity index is 403. The average molecular weight is 250 g/mol. The zero-order valence-electron chi connectivity index (χ0n) is 10.2. The molecule has 3 N–H and O–H groups in total. The zero-order valence-corrected chi connectivity index (χ0v) is 10.2. The van der Waals surface area contributed by atoms with Crippen molar-refractivity contribution in [1.82, 2.24) is 0 Å². The van der Waals surface area contributed by atoms with E-state index in [0.29, 0.717) is 12.6 Å². The predicted octanol–water partition coefficient (Wildman–Crippen LogP) is 1.14. The van der Waals surface area contributed by atoms with Crippen molar-refractivity contribution in [3.8, 4) is 5.75 Å². The number of amides is 1. The molecule has 0 aromatic heterocycles. The summed E-state index contributed by atoms with van der Waals surface area (Å²) in [6.45, 7) is 1.81. The lowest BCUT2D eigenvalue weighted by Gasteiger charge is -2.16. The molecule has 0 spiro atoms. The third kappa shape index (κ3) is 3.63. The van der Waals surface area contributed by atoms with Gasteiger partial charge in [-0.05, 0) is 18.6 Å². The van der Waals surface area contributed by atoms with Crippen molar-refractivity contribution in [1.29, 1.82) is 0 Å². The van der Waals surface area contributed by atoms with E-state index >= 15 is 0 Å². The summed E-state index contributed by atoms with van der Waals surface area (Å²) < 4.78 is 10.9. The van der Waals surface area contributed by atoms with E-state index in [0.717, 1.165) is 31.1 Å². The van der Waals surface area contributed by atoms with Crippen LogP contribution in [0.3, 0.4) is 0 Å². The van der Waals surface area contributed by atoms with Gasteiger partial charge in [0, 0.05) is 6.61 Å². The van der Waals surface area contributed by atoms with Crippen LogP contribution in [0, 0.1) is 0 Å². The number of nitrogens with one attached hydrogen (secondary N) is 1. The SMILES string of the molecule is NC(=O)CCOc1ccccc1NC1CCOC1. The van der Waals surface area contributed by atoms with Crippen LogP contribution in [0.4, 0.5) is 5.69 Å². The van der Waals surface area contributed by atoms with Crippen molar-refractivity contribution in [2.45, 2.75) is 18.9 Å². The van der Waals surface area contributed by atoms with Gasteiger partial charge in [0.2, 0.25) is 5.91 Å². The summed E-state index contributed by atoms with van der Waals surface area (Å²) in [6, 6.07) is 8.00. The van der Waals surface area contributed by atoms with Crippen LogP contribution in [0.15, 0.2) is 24.3 Å². The average Bonchev–Trinajstić information content (AvgIpc) is 2.84. The van der Waals surface area contributed by atoms with Crippen molar-refractivity contribution in [3.05, 3.63) is 24.3 Å². The van der Waals surface area contributed by atoms with E-state index in [1.165, 1.54) is 0 Å². The van der Waals surface area contributed by atoms with Gasteiger partial charge in [-0.2, -0.15) is 0 Å². The maximum Gasteiger partial charge on any atom is 0.220 e. The summed E-state index contributed by atoms with van der Waals surface area (Å²) in [7, 11) is 0. The standard InChI is InChI=1S/C13H18N2O3/c14-13(16)6-8-18-12-4-2-1-3-11(12)15-10-5-7-17-9-10/h1-4,10,15H,5-9H2,(H2,14,16). The van der Waals surface area contributed by atoms with Gasteiger partial charge in [0.1, 0.15) is 5.75 Å². The summed E-state index contributed by atoms with van der Waals surface area (Å²) in [5.74, 6) is 0.385. The summed E-state index contributed by atoms with van der Waals surface area (Å²) in [5, 5.41) is 3.38. The van der Waals surface area contributed by atoms with Crippen LogP contribution in [0.2, 0.25) is 0 Å². The van der Waals surface area contributed by atoms with Gasteiger partial charge in [0.05, 0.1) is 31.4 Å². The Morgan fingerprint density at radius 1 is 1.50 bits per heavy atom. The first kappa shape index (κ1) is 12.7. The van der Waals surface area contributed by atoms with Crippen LogP contribution in [0.5, 0.6) is 5.75 Å². The number of primary amides is 1. The third-order valence-electron chi connectivity index (χ3n) is 2.78. The Balaban J connectivity index is 1.93.